The molecule has 2 aromatic heterocycles. The number of hydrogen-bond donors (Lipinski definition) is 1. The van der Waals surface area contributed by atoms with Gasteiger partial charge in [-0.15, -0.1) is 22.7 Å². The second kappa shape index (κ2) is 3.94. The van der Waals surface area contributed by atoms with Crippen molar-refractivity contribution in [2.75, 3.05) is 0 Å². The molecule has 2 heterocycles. The van der Waals surface area contributed by atoms with Crippen molar-refractivity contribution >= 4 is 48.4 Å². The van der Waals surface area contributed by atoms with Gasteiger partial charge in [0.05, 0.1) is 20.5 Å². The highest BCUT2D eigenvalue weighted by Crippen LogP contribution is 2.34. The fourth-order valence-electron chi connectivity index (χ4n) is 1.75. The molecule has 3 nitrogen and oxygen atoms in total. The van der Waals surface area contributed by atoms with E-state index in [1.54, 1.807) is 0 Å². The van der Waals surface area contributed by atoms with Gasteiger partial charge in [-0.1, -0.05) is 23.4 Å². The first-order chi connectivity index (χ1) is 8.29. The van der Waals surface area contributed by atoms with Crippen LogP contribution in [0, 0.1) is 0 Å². The Labute approximate surface area is 104 Å². The fourth-order valence-corrected chi connectivity index (χ4v) is 4.05. The molecule has 0 unspecified atom stereocenters. The molecule has 0 bridgehead atoms. The van der Waals surface area contributed by atoms with Gasteiger partial charge in [-0.2, -0.15) is 0 Å². The summed E-state index contributed by atoms with van der Waals surface area (Å²) in [4.78, 5) is 12.6. The average Bonchev–Trinajstić information content (AvgIpc) is 2.69. The zero-order valence-corrected chi connectivity index (χ0v) is 10.2. The first-order valence-corrected chi connectivity index (χ1v) is 6.56. The van der Waals surface area contributed by atoms with E-state index in [-0.39, 0.29) is 5.43 Å². The highest BCUT2D eigenvalue weighted by Gasteiger charge is 2.09. The molecule has 0 saturated carbocycles. The highest BCUT2D eigenvalue weighted by atomic mass is 32.1. The lowest BCUT2D eigenvalue weighted by molar-refractivity contribution is 0.322. The molecule has 5 heteroatoms. The summed E-state index contributed by atoms with van der Waals surface area (Å²) < 4.78 is 2.84. The van der Waals surface area contributed by atoms with Crippen molar-refractivity contribution in [3.05, 3.63) is 45.4 Å². The van der Waals surface area contributed by atoms with E-state index in [2.05, 4.69) is 5.16 Å². The number of benzene rings is 1. The maximum atomic E-state index is 11.9. The maximum Gasteiger partial charge on any atom is 0.198 e. The van der Waals surface area contributed by atoms with Crippen LogP contribution >= 0.6 is 22.7 Å². The summed E-state index contributed by atoms with van der Waals surface area (Å²) in [6, 6.07) is 9.43. The van der Waals surface area contributed by atoms with Gasteiger partial charge in [0, 0.05) is 16.2 Å². The summed E-state index contributed by atoms with van der Waals surface area (Å²) >= 11 is 2.97. The van der Waals surface area contributed by atoms with Gasteiger partial charge >= 0.3 is 0 Å². The SMILES string of the molecule is O=c1cc(/C=N/O)sc2c1sc1ccccc12. The second-order valence-corrected chi connectivity index (χ2v) is 5.65. The smallest absolute Gasteiger partial charge is 0.198 e. The number of oxime groups is 1. The third-order valence-electron chi connectivity index (χ3n) is 2.45. The van der Waals surface area contributed by atoms with E-state index in [1.165, 1.54) is 35.0 Å². The molecule has 0 aliphatic rings. The monoisotopic (exact) mass is 261 g/mol. The van der Waals surface area contributed by atoms with Crippen LogP contribution in [-0.2, 0) is 0 Å². The number of thiophene rings is 1. The average molecular weight is 261 g/mol. The fraction of sp³-hybridized carbons (Fsp3) is 0. The van der Waals surface area contributed by atoms with Crippen LogP contribution in [0.5, 0.6) is 0 Å². The standard InChI is InChI=1S/C12H7NO2S2/c14-9-5-7(6-13-15)16-11-8-3-1-2-4-10(8)17-12(9)11/h1-6,15H/b13-6+. The lowest BCUT2D eigenvalue weighted by atomic mass is 10.2. The Hall–Kier alpha value is -1.72. The number of nitrogens with zero attached hydrogens (tertiary/aromatic N) is 1. The highest BCUT2D eigenvalue weighted by molar-refractivity contribution is 7.32. The van der Waals surface area contributed by atoms with Gasteiger partial charge in [0.2, 0.25) is 0 Å². The molecule has 0 aliphatic heterocycles. The molecule has 0 saturated heterocycles. The molecule has 0 atom stereocenters. The lowest BCUT2D eigenvalue weighted by Gasteiger charge is -1.92. The van der Waals surface area contributed by atoms with Crippen LogP contribution in [0.2, 0.25) is 0 Å². The molecule has 1 N–H and O–H groups in total. The molecular formula is C12H7NO2S2. The largest absolute Gasteiger partial charge is 0.411 e. The number of fused-ring (bicyclic) bond motifs is 3. The van der Waals surface area contributed by atoms with Crippen LogP contribution in [-0.4, -0.2) is 11.4 Å². The van der Waals surface area contributed by atoms with Crippen LogP contribution < -0.4 is 5.43 Å². The van der Waals surface area contributed by atoms with E-state index >= 15 is 0 Å². The molecule has 0 fully saturated rings. The van der Waals surface area contributed by atoms with E-state index in [0.717, 1.165) is 19.5 Å². The molecule has 0 amide bonds. The van der Waals surface area contributed by atoms with E-state index in [0.29, 0.717) is 4.88 Å². The zero-order chi connectivity index (χ0) is 11.8. The third kappa shape index (κ3) is 1.64. The summed E-state index contributed by atoms with van der Waals surface area (Å²) in [5, 5.41) is 12.6. The summed E-state index contributed by atoms with van der Waals surface area (Å²) in [6.07, 6.45) is 1.29. The van der Waals surface area contributed by atoms with Crippen molar-refractivity contribution in [3.8, 4) is 0 Å². The van der Waals surface area contributed by atoms with Gasteiger partial charge < -0.3 is 5.21 Å². The van der Waals surface area contributed by atoms with E-state index < -0.39 is 0 Å². The molecule has 17 heavy (non-hydrogen) atoms. The molecule has 84 valence electrons. The van der Waals surface area contributed by atoms with Gasteiger partial charge in [-0.3, -0.25) is 4.79 Å². The minimum Gasteiger partial charge on any atom is -0.411 e. The first kappa shape index (κ1) is 10.4. The van der Waals surface area contributed by atoms with Gasteiger partial charge in [-0.25, -0.2) is 0 Å². The molecular weight excluding hydrogens is 254 g/mol. The van der Waals surface area contributed by atoms with Crippen molar-refractivity contribution in [2.24, 2.45) is 5.16 Å². The molecule has 0 aliphatic carbocycles. The summed E-state index contributed by atoms with van der Waals surface area (Å²) in [5.74, 6) is 0. The van der Waals surface area contributed by atoms with Crippen LogP contribution in [0.3, 0.4) is 0 Å². The Morgan fingerprint density at radius 3 is 2.82 bits per heavy atom. The third-order valence-corrected chi connectivity index (χ3v) is 4.85. The van der Waals surface area contributed by atoms with Crippen molar-refractivity contribution in [3.63, 3.8) is 0 Å². The van der Waals surface area contributed by atoms with Crippen LogP contribution in [0.1, 0.15) is 4.88 Å². The van der Waals surface area contributed by atoms with Gasteiger partial charge in [0.15, 0.2) is 5.43 Å². The zero-order valence-electron chi connectivity index (χ0n) is 8.58. The van der Waals surface area contributed by atoms with Crippen LogP contribution in [0.4, 0.5) is 0 Å². The molecule has 3 rings (SSSR count). The molecule has 1 aromatic carbocycles. The van der Waals surface area contributed by atoms with E-state index in [1.807, 2.05) is 24.3 Å². The summed E-state index contributed by atoms with van der Waals surface area (Å²) in [6.45, 7) is 0. The van der Waals surface area contributed by atoms with Crippen molar-refractivity contribution in [1.82, 2.24) is 0 Å². The Morgan fingerprint density at radius 2 is 2.00 bits per heavy atom. The molecule has 0 spiro atoms. The Morgan fingerprint density at radius 1 is 1.18 bits per heavy atom. The van der Waals surface area contributed by atoms with Crippen molar-refractivity contribution in [1.29, 1.82) is 0 Å². The van der Waals surface area contributed by atoms with Crippen molar-refractivity contribution in [2.45, 2.75) is 0 Å². The molecule has 3 aromatic rings. The Bertz CT molecular complexity index is 786. The predicted octanol–water partition coefficient (Wildman–Crippen LogP) is 3.28. The number of hydrogen-bond acceptors (Lipinski definition) is 5. The summed E-state index contributed by atoms with van der Waals surface area (Å²) in [7, 11) is 0. The number of rotatable bonds is 1. The predicted molar refractivity (Wildman–Crippen MR) is 72.9 cm³/mol. The van der Waals surface area contributed by atoms with Gasteiger partial charge in [0.1, 0.15) is 0 Å². The normalized spacial score (nSPS) is 11.8. The summed E-state index contributed by atoms with van der Waals surface area (Å²) in [5.41, 5.74) is -0.0187. The quantitative estimate of drug-likeness (QED) is 0.415. The Balaban J connectivity index is 2.50. The first-order valence-electron chi connectivity index (χ1n) is 4.92. The van der Waals surface area contributed by atoms with Crippen LogP contribution in [0.25, 0.3) is 19.5 Å². The van der Waals surface area contributed by atoms with E-state index in [4.69, 9.17) is 5.21 Å². The van der Waals surface area contributed by atoms with E-state index in [9.17, 15) is 4.79 Å². The molecule has 0 radical (unpaired) electrons. The minimum atomic E-state index is -0.0187. The second-order valence-electron chi connectivity index (χ2n) is 3.51. The van der Waals surface area contributed by atoms with Gasteiger partial charge in [0.25, 0.3) is 0 Å². The topological polar surface area (TPSA) is 49.7 Å². The lowest BCUT2D eigenvalue weighted by Crippen LogP contribution is -1.97. The van der Waals surface area contributed by atoms with Crippen molar-refractivity contribution < 1.29 is 5.21 Å². The minimum absolute atomic E-state index is 0.0187. The van der Waals surface area contributed by atoms with Gasteiger partial charge in [-0.05, 0) is 6.07 Å². The maximum absolute atomic E-state index is 11.9. The van der Waals surface area contributed by atoms with Crippen LogP contribution in [0.15, 0.2) is 40.3 Å². The Kier molecular flexibility index (Phi) is 2.42.